The van der Waals surface area contributed by atoms with Crippen LogP contribution in [0.4, 0.5) is 0 Å². The first-order valence-electron chi connectivity index (χ1n) is 3.42. The van der Waals surface area contributed by atoms with Crippen LogP contribution in [0, 0.1) is 0 Å². The summed E-state index contributed by atoms with van der Waals surface area (Å²) >= 11 is 3.23. The van der Waals surface area contributed by atoms with Gasteiger partial charge in [-0.05, 0) is 15.9 Å². The molecule has 1 rings (SSSR count). The van der Waals surface area contributed by atoms with E-state index in [1.807, 2.05) is 0 Å². The smallest absolute Gasteiger partial charge is 0.322 e. The Balaban J connectivity index is 3.20. The maximum Gasteiger partial charge on any atom is 0.322 e. The van der Waals surface area contributed by atoms with Crippen LogP contribution in [0.3, 0.4) is 0 Å². The van der Waals surface area contributed by atoms with E-state index in [9.17, 15) is 0 Å². The summed E-state index contributed by atoms with van der Waals surface area (Å²) in [6.07, 6.45) is 0. The van der Waals surface area contributed by atoms with Crippen molar-refractivity contribution in [3.8, 4) is 17.8 Å². The summed E-state index contributed by atoms with van der Waals surface area (Å²) in [4.78, 5) is 7.87. The van der Waals surface area contributed by atoms with E-state index < -0.39 is 0 Å². The van der Waals surface area contributed by atoms with Gasteiger partial charge in [0.1, 0.15) is 4.47 Å². The van der Waals surface area contributed by atoms with E-state index in [1.54, 1.807) is 0 Å². The zero-order chi connectivity index (χ0) is 9.84. The first-order chi connectivity index (χ1) is 6.22. The summed E-state index contributed by atoms with van der Waals surface area (Å²) < 4.78 is 15.4. The molecule has 0 aromatic carbocycles. The molecule has 0 saturated carbocycles. The number of hydrogen-bond acceptors (Lipinski definition) is 5. The van der Waals surface area contributed by atoms with Crippen molar-refractivity contribution in [2.24, 2.45) is 0 Å². The molecular formula is C7H9BrN2O3. The van der Waals surface area contributed by atoms with Gasteiger partial charge < -0.3 is 14.2 Å². The van der Waals surface area contributed by atoms with Gasteiger partial charge in [-0.1, -0.05) is 0 Å². The Kier molecular flexibility index (Phi) is 3.30. The summed E-state index contributed by atoms with van der Waals surface area (Å²) in [5, 5.41) is 0. The lowest BCUT2D eigenvalue weighted by atomic mass is 10.6. The predicted octanol–water partition coefficient (Wildman–Crippen LogP) is 1.26. The molecule has 72 valence electrons. The van der Waals surface area contributed by atoms with Crippen LogP contribution in [0.1, 0.15) is 0 Å². The summed E-state index contributed by atoms with van der Waals surface area (Å²) in [6.45, 7) is 0. The molecule has 0 aliphatic heterocycles. The topological polar surface area (TPSA) is 53.5 Å². The molecule has 0 aliphatic carbocycles. The fraction of sp³-hybridized carbons (Fsp3) is 0.429. The summed E-state index contributed by atoms with van der Waals surface area (Å²) in [5.41, 5.74) is 0. The molecule has 1 aromatic heterocycles. The van der Waals surface area contributed by atoms with Crippen molar-refractivity contribution in [2.45, 2.75) is 0 Å². The van der Waals surface area contributed by atoms with Gasteiger partial charge in [-0.25, -0.2) is 0 Å². The van der Waals surface area contributed by atoms with Crippen LogP contribution in [0.25, 0.3) is 0 Å². The molecular weight excluding hydrogens is 240 g/mol. The fourth-order valence-corrected chi connectivity index (χ4v) is 1.25. The van der Waals surface area contributed by atoms with E-state index in [2.05, 4.69) is 25.9 Å². The molecule has 0 radical (unpaired) electrons. The van der Waals surface area contributed by atoms with Gasteiger partial charge >= 0.3 is 6.01 Å². The van der Waals surface area contributed by atoms with Gasteiger partial charge in [-0.2, -0.15) is 9.97 Å². The second-order valence-corrected chi connectivity index (χ2v) is 2.84. The lowest BCUT2D eigenvalue weighted by Crippen LogP contribution is -1.99. The van der Waals surface area contributed by atoms with Crippen LogP contribution < -0.4 is 14.2 Å². The first-order valence-corrected chi connectivity index (χ1v) is 4.21. The molecule has 1 heterocycles. The van der Waals surface area contributed by atoms with E-state index in [1.165, 1.54) is 21.3 Å². The molecule has 0 saturated heterocycles. The van der Waals surface area contributed by atoms with Gasteiger partial charge in [0.05, 0.1) is 21.3 Å². The highest BCUT2D eigenvalue weighted by Crippen LogP contribution is 2.32. The zero-order valence-corrected chi connectivity index (χ0v) is 9.08. The summed E-state index contributed by atoms with van der Waals surface area (Å²) in [6, 6.07) is 0.205. The van der Waals surface area contributed by atoms with Crippen LogP contribution in [0.5, 0.6) is 17.8 Å². The second kappa shape index (κ2) is 4.27. The average molecular weight is 249 g/mol. The van der Waals surface area contributed by atoms with Gasteiger partial charge in [0.2, 0.25) is 11.8 Å². The van der Waals surface area contributed by atoms with Gasteiger partial charge in [0.15, 0.2) is 0 Å². The Morgan fingerprint density at radius 3 is 1.69 bits per heavy atom. The highest BCUT2D eigenvalue weighted by molar-refractivity contribution is 9.10. The third-order valence-electron chi connectivity index (χ3n) is 1.34. The van der Waals surface area contributed by atoms with Crippen molar-refractivity contribution in [2.75, 3.05) is 21.3 Å². The number of hydrogen-bond donors (Lipinski definition) is 0. The average Bonchev–Trinajstić information content (AvgIpc) is 2.18. The Hall–Kier alpha value is -1.04. The highest BCUT2D eigenvalue weighted by Gasteiger charge is 2.13. The lowest BCUT2D eigenvalue weighted by Gasteiger charge is -2.07. The molecule has 5 nitrogen and oxygen atoms in total. The minimum absolute atomic E-state index is 0.205. The molecule has 1 aromatic rings. The Bertz CT molecular complexity index is 281. The Morgan fingerprint density at radius 2 is 1.38 bits per heavy atom. The van der Waals surface area contributed by atoms with Crippen molar-refractivity contribution in [1.82, 2.24) is 9.97 Å². The van der Waals surface area contributed by atoms with Crippen LogP contribution >= 0.6 is 15.9 Å². The third-order valence-corrected chi connectivity index (χ3v) is 2.02. The van der Waals surface area contributed by atoms with Gasteiger partial charge in [-0.3, -0.25) is 0 Å². The normalized spacial score (nSPS) is 9.54. The first kappa shape index (κ1) is 10.0. The van der Waals surface area contributed by atoms with Crippen molar-refractivity contribution in [3.05, 3.63) is 4.47 Å². The molecule has 0 spiro atoms. The molecule has 0 amide bonds. The number of rotatable bonds is 3. The predicted molar refractivity (Wildman–Crippen MR) is 49.4 cm³/mol. The highest BCUT2D eigenvalue weighted by atomic mass is 79.9. The van der Waals surface area contributed by atoms with Crippen molar-refractivity contribution in [1.29, 1.82) is 0 Å². The molecule has 6 heteroatoms. The van der Waals surface area contributed by atoms with Crippen LogP contribution in [-0.4, -0.2) is 31.3 Å². The lowest BCUT2D eigenvalue weighted by molar-refractivity contribution is 0.326. The SMILES string of the molecule is COc1nc(OC)c(Br)c(OC)n1. The number of aromatic nitrogens is 2. The minimum Gasteiger partial charge on any atom is -0.480 e. The summed E-state index contributed by atoms with van der Waals surface area (Å²) in [7, 11) is 4.49. The summed E-state index contributed by atoms with van der Waals surface area (Å²) in [5.74, 6) is 0.757. The monoisotopic (exact) mass is 248 g/mol. The van der Waals surface area contributed by atoms with Gasteiger partial charge in [0.25, 0.3) is 0 Å². The van der Waals surface area contributed by atoms with E-state index in [0.717, 1.165) is 0 Å². The molecule has 0 fully saturated rings. The zero-order valence-electron chi connectivity index (χ0n) is 7.50. The van der Waals surface area contributed by atoms with Crippen molar-refractivity contribution in [3.63, 3.8) is 0 Å². The van der Waals surface area contributed by atoms with Crippen molar-refractivity contribution < 1.29 is 14.2 Å². The Morgan fingerprint density at radius 1 is 0.923 bits per heavy atom. The second-order valence-electron chi connectivity index (χ2n) is 2.04. The van der Waals surface area contributed by atoms with Crippen molar-refractivity contribution >= 4 is 15.9 Å². The van der Waals surface area contributed by atoms with Crippen LogP contribution in [0.2, 0.25) is 0 Å². The van der Waals surface area contributed by atoms with E-state index in [-0.39, 0.29) is 6.01 Å². The maximum absolute atomic E-state index is 4.97. The van der Waals surface area contributed by atoms with Gasteiger partial charge in [-0.15, -0.1) is 0 Å². The van der Waals surface area contributed by atoms with Crippen LogP contribution in [0.15, 0.2) is 4.47 Å². The third kappa shape index (κ3) is 2.00. The maximum atomic E-state index is 4.97. The minimum atomic E-state index is 0.205. The number of methoxy groups -OCH3 is 3. The van der Waals surface area contributed by atoms with E-state index in [0.29, 0.717) is 16.2 Å². The quantitative estimate of drug-likeness (QED) is 0.807. The number of halogens is 1. The van der Waals surface area contributed by atoms with E-state index >= 15 is 0 Å². The molecule has 0 bridgehead atoms. The molecule has 0 N–H and O–H groups in total. The molecule has 0 atom stereocenters. The molecule has 13 heavy (non-hydrogen) atoms. The number of nitrogens with zero attached hydrogens (tertiary/aromatic N) is 2. The standard InChI is InChI=1S/C7H9BrN2O3/c1-11-5-4(8)6(12-2)10-7(9-5)13-3/h1-3H3. The van der Waals surface area contributed by atoms with Gasteiger partial charge in [0, 0.05) is 0 Å². The van der Waals surface area contributed by atoms with Crippen LogP contribution in [-0.2, 0) is 0 Å². The van der Waals surface area contributed by atoms with E-state index in [4.69, 9.17) is 14.2 Å². The Labute approximate surface area is 84.2 Å². The molecule has 0 unspecified atom stereocenters. The fourth-order valence-electron chi connectivity index (χ4n) is 0.750. The molecule has 0 aliphatic rings. The number of ether oxygens (including phenoxy) is 3. The largest absolute Gasteiger partial charge is 0.480 e.